The predicted molar refractivity (Wildman–Crippen MR) is 83.6 cm³/mol. The molecule has 1 fully saturated rings. The molecule has 1 unspecified atom stereocenters. The van der Waals surface area contributed by atoms with E-state index in [4.69, 9.17) is 5.11 Å². The van der Waals surface area contributed by atoms with Gasteiger partial charge in [-0.25, -0.2) is 0 Å². The van der Waals surface area contributed by atoms with Crippen LogP contribution in [0.5, 0.6) is 0 Å². The number of rotatable bonds is 5. The fourth-order valence-electron chi connectivity index (χ4n) is 2.65. The van der Waals surface area contributed by atoms with Crippen molar-refractivity contribution in [2.45, 2.75) is 19.3 Å². The molecule has 0 saturated carbocycles. The Bertz CT molecular complexity index is 434. The fraction of sp³-hybridized carbons (Fsp3) is 0.533. The Morgan fingerprint density at radius 3 is 2.85 bits per heavy atom. The van der Waals surface area contributed by atoms with Crippen molar-refractivity contribution in [3.8, 4) is 0 Å². The topological polar surface area (TPSA) is 52.6 Å². The Hall–Kier alpha value is -0.910. The van der Waals surface area contributed by atoms with Crippen LogP contribution in [0.2, 0.25) is 0 Å². The second-order valence-corrected chi connectivity index (χ2v) is 6.23. The number of nitrogens with zero attached hydrogens (tertiary/aromatic N) is 1. The van der Waals surface area contributed by atoms with Gasteiger partial charge < -0.3 is 10.4 Å². The van der Waals surface area contributed by atoms with E-state index in [9.17, 15) is 4.79 Å². The standard InChI is InChI=1S/C15H21BrN2O2/c16-13-3-5-14(6-4-13)17-15(20)11-18-8-1-2-12(10-18)7-9-19/h3-6,12,19H,1-2,7-11H2,(H,17,20). The molecule has 2 N–H and O–H groups in total. The number of anilines is 1. The summed E-state index contributed by atoms with van der Waals surface area (Å²) in [7, 11) is 0. The maximum atomic E-state index is 12.0. The van der Waals surface area contributed by atoms with Crippen molar-refractivity contribution in [3.63, 3.8) is 0 Å². The summed E-state index contributed by atoms with van der Waals surface area (Å²) in [5.41, 5.74) is 0.821. The van der Waals surface area contributed by atoms with E-state index in [0.29, 0.717) is 12.5 Å². The van der Waals surface area contributed by atoms with Gasteiger partial charge in [0.2, 0.25) is 5.91 Å². The molecular formula is C15H21BrN2O2. The zero-order chi connectivity index (χ0) is 14.4. The first kappa shape index (κ1) is 15.5. The average molecular weight is 341 g/mol. The van der Waals surface area contributed by atoms with Crippen molar-refractivity contribution < 1.29 is 9.90 Å². The van der Waals surface area contributed by atoms with Gasteiger partial charge in [-0.05, 0) is 56.0 Å². The van der Waals surface area contributed by atoms with Crippen molar-refractivity contribution >= 4 is 27.5 Å². The first-order valence-electron chi connectivity index (χ1n) is 7.06. The maximum absolute atomic E-state index is 12.0. The van der Waals surface area contributed by atoms with Crippen molar-refractivity contribution in [3.05, 3.63) is 28.7 Å². The van der Waals surface area contributed by atoms with Crippen LogP contribution in [0, 0.1) is 5.92 Å². The van der Waals surface area contributed by atoms with E-state index in [1.54, 1.807) is 0 Å². The minimum Gasteiger partial charge on any atom is -0.396 e. The van der Waals surface area contributed by atoms with Gasteiger partial charge in [-0.2, -0.15) is 0 Å². The molecule has 1 aromatic carbocycles. The van der Waals surface area contributed by atoms with Gasteiger partial charge in [0.1, 0.15) is 0 Å². The van der Waals surface area contributed by atoms with Gasteiger partial charge in [0.25, 0.3) is 0 Å². The summed E-state index contributed by atoms with van der Waals surface area (Å²) in [6.07, 6.45) is 3.10. The Morgan fingerprint density at radius 1 is 1.40 bits per heavy atom. The molecule has 0 aliphatic carbocycles. The number of benzene rings is 1. The molecule has 1 aromatic rings. The second-order valence-electron chi connectivity index (χ2n) is 5.31. The molecule has 0 spiro atoms. The summed E-state index contributed by atoms with van der Waals surface area (Å²) >= 11 is 3.37. The van der Waals surface area contributed by atoms with Crippen LogP contribution < -0.4 is 5.32 Å². The SMILES string of the molecule is O=C(CN1CCCC(CCO)C1)Nc1ccc(Br)cc1. The molecule has 1 heterocycles. The lowest BCUT2D eigenvalue weighted by Gasteiger charge is -2.31. The minimum atomic E-state index is 0.0250. The highest BCUT2D eigenvalue weighted by atomic mass is 79.9. The van der Waals surface area contributed by atoms with Crippen molar-refractivity contribution in [2.24, 2.45) is 5.92 Å². The van der Waals surface area contributed by atoms with E-state index in [1.807, 2.05) is 24.3 Å². The molecule has 5 heteroatoms. The van der Waals surface area contributed by atoms with Crippen LogP contribution in [-0.4, -0.2) is 42.2 Å². The van der Waals surface area contributed by atoms with E-state index in [1.165, 1.54) is 0 Å². The number of hydrogen-bond acceptors (Lipinski definition) is 3. The van der Waals surface area contributed by atoms with Crippen LogP contribution in [0.4, 0.5) is 5.69 Å². The molecule has 0 bridgehead atoms. The maximum Gasteiger partial charge on any atom is 0.238 e. The predicted octanol–water partition coefficient (Wildman–Crippen LogP) is 2.48. The molecule has 0 aromatic heterocycles. The number of likely N-dealkylation sites (tertiary alicyclic amines) is 1. The summed E-state index contributed by atoms with van der Waals surface area (Å²) in [6.45, 7) is 2.55. The van der Waals surface area contributed by atoms with Crippen LogP contribution >= 0.6 is 15.9 Å². The van der Waals surface area contributed by atoms with E-state index >= 15 is 0 Å². The van der Waals surface area contributed by atoms with Crippen molar-refractivity contribution in [1.29, 1.82) is 0 Å². The molecule has 20 heavy (non-hydrogen) atoms. The molecule has 1 saturated heterocycles. The van der Waals surface area contributed by atoms with Crippen LogP contribution in [0.15, 0.2) is 28.7 Å². The highest BCUT2D eigenvalue weighted by Gasteiger charge is 2.21. The molecule has 110 valence electrons. The zero-order valence-corrected chi connectivity index (χ0v) is 13.1. The molecule has 1 aliphatic heterocycles. The van der Waals surface area contributed by atoms with E-state index in [0.717, 1.165) is 42.5 Å². The van der Waals surface area contributed by atoms with Gasteiger partial charge in [-0.3, -0.25) is 9.69 Å². The van der Waals surface area contributed by atoms with Crippen molar-refractivity contribution in [2.75, 3.05) is 31.6 Å². The number of aliphatic hydroxyl groups excluding tert-OH is 1. The third-order valence-electron chi connectivity index (χ3n) is 3.64. The lowest BCUT2D eigenvalue weighted by atomic mass is 9.95. The van der Waals surface area contributed by atoms with Gasteiger partial charge in [0, 0.05) is 23.3 Å². The molecule has 2 rings (SSSR count). The van der Waals surface area contributed by atoms with Crippen LogP contribution in [0.25, 0.3) is 0 Å². The van der Waals surface area contributed by atoms with Gasteiger partial charge >= 0.3 is 0 Å². The van der Waals surface area contributed by atoms with Gasteiger partial charge in [0.05, 0.1) is 6.54 Å². The van der Waals surface area contributed by atoms with Crippen molar-refractivity contribution in [1.82, 2.24) is 4.90 Å². The molecule has 4 nitrogen and oxygen atoms in total. The Kier molecular flexibility index (Phi) is 6.01. The van der Waals surface area contributed by atoms with Crippen LogP contribution in [0.1, 0.15) is 19.3 Å². The van der Waals surface area contributed by atoms with Crippen LogP contribution in [-0.2, 0) is 4.79 Å². The first-order valence-corrected chi connectivity index (χ1v) is 7.85. The minimum absolute atomic E-state index is 0.0250. The number of piperidine rings is 1. The fourth-order valence-corrected chi connectivity index (χ4v) is 2.91. The lowest BCUT2D eigenvalue weighted by molar-refractivity contribution is -0.117. The number of carbonyl (C=O) groups is 1. The number of halogens is 1. The smallest absolute Gasteiger partial charge is 0.238 e. The lowest BCUT2D eigenvalue weighted by Crippen LogP contribution is -2.40. The molecule has 0 radical (unpaired) electrons. The molecule has 1 aliphatic rings. The van der Waals surface area contributed by atoms with Gasteiger partial charge in [0.15, 0.2) is 0 Å². The largest absolute Gasteiger partial charge is 0.396 e. The third-order valence-corrected chi connectivity index (χ3v) is 4.16. The molecule has 1 atom stereocenters. The number of nitrogens with one attached hydrogen (secondary N) is 1. The second kappa shape index (κ2) is 7.76. The van der Waals surface area contributed by atoms with Gasteiger partial charge in [-0.1, -0.05) is 15.9 Å². The zero-order valence-electron chi connectivity index (χ0n) is 11.5. The highest BCUT2D eigenvalue weighted by molar-refractivity contribution is 9.10. The van der Waals surface area contributed by atoms with E-state index in [2.05, 4.69) is 26.1 Å². The monoisotopic (exact) mass is 340 g/mol. The van der Waals surface area contributed by atoms with E-state index < -0.39 is 0 Å². The summed E-state index contributed by atoms with van der Waals surface area (Å²) in [4.78, 5) is 14.2. The first-order chi connectivity index (χ1) is 9.67. The number of carbonyl (C=O) groups excluding carboxylic acids is 1. The molecule has 1 amide bonds. The van der Waals surface area contributed by atoms with Crippen LogP contribution in [0.3, 0.4) is 0 Å². The normalized spacial score (nSPS) is 19.8. The third kappa shape index (κ3) is 4.89. The summed E-state index contributed by atoms with van der Waals surface area (Å²) in [5, 5.41) is 11.9. The quantitative estimate of drug-likeness (QED) is 0.865. The summed E-state index contributed by atoms with van der Waals surface area (Å²) in [5.74, 6) is 0.547. The summed E-state index contributed by atoms with van der Waals surface area (Å²) < 4.78 is 0.998. The Labute approximate surface area is 128 Å². The van der Waals surface area contributed by atoms with Gasteiger partial charge in [-0.15, -0.1) is 0 Å². The number of amides is 1. The highest BCUT2D eigenvalue weighted by Crippen LogP contribution is 2.19. The van der Waals surface area contributed by atoms with E-state index in [-0.39, 0.29) is 12.5 Å². The summed E-state index contributed by atoms with van der Waals surface area (Å²) in [6, 6.07) is 7.58. The molecular weight excluding hydrogens is 320 g/mol. The average Bonchev–Trinajstić information content (AvgIpc) is 2.42. The Balaban J connectivity index is 1.80. The number of hydrogen-bond donors (Lipinski definition) is 2. The number of aliphatic hydroxyl groups is 1. The Morgan fingerprint density at radius 2 is 2.15 bits per heavy atom.